The second-order valence-electron chi connectivity index (χ2n) is 7.34. The Hall–Kier alpha value is -0.370. The summed E-state index contributed by atoms with van der Waals surface area (Å²) in [5.74, 6) is 0. The van der Waals surface area contributed by atoms with Gasteiger partial charge >= 0.3 is 0 Å². The van der Waals surface area contributed by atoms with E-state index >= 15 is 0 Å². The summed E-state index contributed by atoms with van der Waals surface area (Å²) < 4.78 is 0. The molecular weight excluding hydrogens is 294 g/mol. The minimum atomic E-state index is 0.741. The topological polar surface area (TPSA) is 20.3 Å². The number of aldehydes is 1. The number of unbranched alkanes of at least 4 members (excludes halogenated alkanes) is 14. The van der Waals surface area contributed by atoms with Crippen LogP contribution in [-0.4, -0.2) is 30.8 Å². The highest BCUT2D eigenvalue weighted by Crippen LogP contribution is 2.12. The Balaban J connectivity index is 3.24. The summed E-state index contributed by atoms with van der Waals surface area (Å²) >= 11 is 0. The lowest BCUT2D eigenvalue weighted by Gasteiger charge is -2.20. The van der Waals surface area contributed by atoms with E-state index in [-0.39, 0.29) is 0 Å². The predicted octanol–water partition coefficient (Wildman–Crippen LogP) is 6.77. The standard InChI is InChI=1S/C22H45NO/c1-3-5-6-7-8-9-10-11-12-13-14-17-20-23(4-2)21-18-15-16-19-22-24/h22H,3-21H2,1-2H3. The molecule has 0 heterocycles. The predicted molar refractivity (Wildman–Crippen MR) is 108 cm³/mol. The van der Waals surface area contributed by atoms with Crippen molar-refractivity contribution >= 4 is 6.29 Å². The Labute approximate surface area is 152 Å². The molecule has 0 atom stereocenters. The molecule has 144 valence electrons. The molecule has 0 radical (unpaired) electrons. The van der Waals surface area contributed by atoms with Crippen molar-refractivity contribution < 1.29 is 4.79 Å². The molecule has 0 bridgehead atoms. The Kier molecular flexibility index (Phi) is 20.4. The number of hydrogen-bond donors (Lipinski definition) is 0. The lowest BCUT2D eigenvalue weighted by Crippen LogP contribution is -2.25. The summed E-state index contributed by atoms with van der Waals surface area (Å²) in [6.45, 7) is 8.21. The SMILES string of the molecule is CCCCCCCCCCCCCCN(CC)CCCCCC=O. The Morgan fingerprint density at radius 2 is 1.00 bits per heavy atom. The van der Waals surface area contributed by atoms with E-state index in [4.69, 9.17) is 0 Å². The minimum absolute atomic E-state index is 0.741. The van der Waals surface area contributed by atoms with Crippen molar-refractivity contribution in [2.75, 3.05) is 19.6 Å². The summed E-state index contributed by atoms with van der Waals surface area (Å²) in [6, 6.07) is 0. The highest BCUT2D eigenvalue weighted by atomic mass is 16.1. The number of nitrogens with zero attached hydrogens (tertiary/aromatic N) is 1. The van der Waals surface area contributed by atoms with E-state index in [2.05, 4.69) is 18.7 Å². The van der Waals surface area contributed by atoms with E-state index < -0.39 is 0 Å². The second kappa shape index (κ2) is 20.7. The molecular formula is C22H45NO. The van der Waals surface area contributed by atoms with E-state index in [0.717, 1.165) is 19.1 Å². The molecule has 0 spiro atoms. The first-order chi connectivity index (χ1) is 11.8. The van der Waals surface area contributed by atoms with Crippen molar-refractivity contribution in [3.05, 3.63) is 0 Å². The zero-order valence-corrected chi connectivity index (χ0v) is 16.9. The van der Waals surface area contributed by atoms with E-state index in [9.17, 15) is 4.79 Å². The molecule has 0 amide bonds. The molecule has 0 aromatic rings. The molecule has 0 N–H and O–H groups in total. The fraction of sp³-hybridized carbons (Fsp3) is 0.955. The van der Waals surface area contributed by atoms with Gasteiger partial charge in [0.1, 0.15) is 6.29 Å². The summed E-state index contributed by atoms with van der Waals surface area (Å²) in [6.07, 6.45) is 22.4. The molecule has 0 aliphatic rings. The largest absolute Gasteiger partial charge is 0.304 e. The molecule has 0 aliphatic carbocycles. The van der Waals surface area contributed by atoms with Gasteiger partial charge in [-0.05, 0) is 38.9 Å². The molecule has 0 aromatic carbocycles. The van der Waals surface area contributed by atoms with Crippen LogP contribution < -0.4 is 0 Å². The van der Waals surface area contributed by atoms with E-state index in [0.29, 0.717) is 0 Å². The first kappa shape index (κ1) is 23.6. The Morgan fingerprint density at radius 3 is 1.42 bits per heavy atom. The van der Waals surface area contributed by atoms with Crippen LogP contribution in [0.15, 0.2) is 0 Å². The van der Waals surface area contributed by atoms with Crippen molar-refractivity contribution in [1.29, 1.82) is 0 Å². The van der Waals surface area contributed by atoms with Gasteiger partial charge in [0.25, 0.3) is 0 Å². The van der Waals surface area contributed by atoms with Crippen LogP contribution in [0.4, 0.5) is 0 Å². The van der Waals surface area contributed by atoms with Gasteiger partial charge in [-0.3, -0.25) is 0 Å². The van der Waals surface area contributed by atoms with Crippen LogP contribution in [0, 0.1) is 0 Å². The second-order valence-corrected chi connectivity index (χ2v) is 7.34. The average Bonchev–Trinajstić information content (AvgIpc) is 2.60. The molecule has 0 rings (SSSR count). The van der Waals surface area contributed by atoms with Gasteiger partial charge in [0.15, 0.2) is 0 Å². The lowest BCUT2D eigenvalue weighted by atomic mass is 10.1. The third-order valence-electron chi connectivity index (χ3n) is 5.07. The van der Waals surface area contributed by atoms with Crippen LogP contribution in [0.5, 0.6) is 0 Å². The van der Waals surface area contributed by atoms with Gasteiger partial charge < -0.3 is 9.69 Å². The van der Waals surface area contributed by atoms with Crippen molar-refractivity contribution in [2.24, 2.45) is 0 Å². The van der Waals surface area contributed by atoms with Gasteiger partial charge in [-0.1, -0.05) is 90.9 Å². The monoisotopic (exact) mass is 339 g/mol. The zero-order chi connectivity index (χ0) is 17.7. The third-order valence-corrected chi connectivity index (χ3v) is 5.07. The lowest BCUT2D eigenvalue weighted by molar-refractivity contribution is -0.107. The Bertz CT molecular complexity index is 242. The van der Waals surface area contributed by atoms with Crippen molar-refractivity contribution in [1.82, 2.24) is 4.90 Å². The smallest absolute Gasteiger partial charge is 0.119 e. The highest BCUT2D eigenvalue weighted by Gasteiger charge is 2.01. The molecule has 0 aliphatic heterocycles. The summed E-state index contributed by atoms with van der Waals surface area (Å²) in [5.41, 5.74) is 0. The molecule has 0 saturated carbocycles. The molecule has 0 unspecified atom stereocenters. The van der Waals surface area contributed by atoms with Crippen molar-refractivity contribution in [3.8, 4) is 0 Å². The summed E-state index contributed by atoms with van der Waals surface area (Å²) in [5, 5.41) is 0. The fourth-order valence-electron chi connectivity index (χ4n) is 3.34. The third kappa shape index (κ3) is 18.0. The molecule has 2 nitrogen and oxygen atoms in total. The molecule has 0 fully saturated rings. The maximum absolute atomic E-state index is 10.3. The normalized spacial score (nSPS) is 11.3. The quantitative estimate of drug-likeness (QED) is 0.180. The number of carbonyl (C=O) groups excluding carboxylic acids is 1. The number of hydrogen-bond acceptors (Lipinski definition) is 2. The van der Waals surface area contributed by atoms with Crippen LogP contribution in [0.25, 0.3) is 0 Å². The van der Waals surface area contributed by atoms with Crippen LogP contribution in [0.2, 0.25) is 0 Å². The van der Waals surface area contributed by atoms with E-state index in [1.54, 1.807) is 0 Å². The van der Waals surface area contributed by atoms with Crippen LogP contribution in [0.3, 0.4) is 0 Å². The van der Waals surface area contributed by atoms with Gasteiger partial charge in [0.2, 0.25) is 0 Å². The molecule has 0 aromatic heterocycles. The first-order valence-electron chi connectivity index (χ1n) is 11.0. The zero-order valence-electron chi connectivity index (χ0n) is 16.9. The van der Waals surface area contributed by atoms with Gasteiger partial charge in [0, 0.05) is 6.42 Å². The van der Waals surface area contributed by atoms with Crippen molar-refractivity contribution in [2.45, 2.75) is 117 Å². The number of carbonyl (C=O) groups is 1. The highest BCUT2D eigenvalue weighted by molar-refractivity contribution is 5.48. The number of rotatable bonds is 20. The maximum atomic E-state index is 10.3. The fourth-order valence-corrected chi connectivity index (χ4v) is 3.34. The molecule has 2 heteroatoms. The van der Waals surface area contributed by atoms with Gasteiger partial charge in [-0.15, -0.1) is 0 Å². The van der Waals surface area contributed by atoms with Gasteiger partial charge in [0.05, 0.1) is 0 Å². The Morgan fingerprint density at radius 1 is 0.583 bits per heavy atom. The average molecular weight is 340 g/mol. The summed E-state index contributed by atoms with van der Waals surface area (Å²) in [7, 11) is 0. The van der Waals surface area contributed by atoms with Crippen LogP contribution >= 0.6 is 0 Å². The molecule has 0 saturated heterocycles. The van der Waals surface area contributed by atoms with Crippen molar-refractivity contribution in [3.63, 3.8) is 0 Å². The van der Waals surface area contributed by atoms with Crippen LogP contribution in [0.1, 0.15) is 117 Å². The molecule has 24 heavy (non-hydrogen) atoms. The first-order valence-corrected chi connectivity index (χ1v) is 11.0. The van der Waals surface area contributed by atoms with Gasteiger partial charge in [-0.2, -0.15) is 0 Å². The van der Waals surface area contributed by atoms with E-state index in [1.807, 2.05) is 0 Å². The van der Waals surface area contributed by atoms with Gasteiger partial charge in [-0.25, -0.2) is 0 Å². The maximum Gasteiger partial charge on any atom is 0.119 e. The summed E-state index contributed by atoms with van der Waals surface area (Å²) in [4.78, 5) is 12.9. The minimum Gasteiger partial charge on any atom is -0.304 e. The van der Waals surface area contributed by atoms with Crippen LogP contribution in [-0.2, 0) is 4.79 Å². The van der Waals surface area contributed by atoms with E-state index in [1.165, 1.54) is 110 Å².